The van der Waals surface area contributed by atoms with Gasteiger partial charge in [0.1, 0.15) is 0 Å². The lowest BCUT2D eigenvalue weighted by atomic mass is 9.92. The van der Waals surface area contributed by atoms with Crippen LogP contribution in [0.4, 0.5) is 0 Å². The summed E-state index contributed by atoms with van der Waals surface area (Å²) < 4.78 is 0. The fourth-order valence-electron chi connectivity index (χ4n) is 5.77. The van der Waals surface area contributed by atoms with Gasteiger partial charge in [-0.2, -0.15) is 0 Å². The second-order valence-electron chi connectivity index (χ2n) is 10.3. The van der Waals surface area contributed by atoms with Gasteiger partial charge >= 0.3 is 0 Å². The van der Waals surface area contributed by atoms with E-state index >= 15 is 0 Å². The van der Waals surface area contributed by atoms with Crippen LogP contribution in [0.5, 0.6) is 0 Å². The van der Waals surface area contributed by atoms with Gasteiger partial charge in [0, 0.05) is 0 Å². The van der Waals surface area contributed by atoms with Crippen LogP contribution in [0.25, 0.3) is 70.6 Å². The van der Waals surface area contributed by atoms with Crippen molar-refractivity contribution < 1.29 is 0 Å². The zero-order valence-electron chi connectivity index (χ0n) is 25.4. The van der Waals surface area contributed by atoms with Gasteiger partial charge in [-0.15, -0.1) is 6.58 Å². The molecule has 0 atom stereocenters. The molecule has 0 aliphatic rings. The molecular formula is C43H38. The predicted molar refractivity (Wildman–Crippen MR) is 195 cm³/mol. The van der Waals surface area contributed by atoms with E-state index in [2.05, 4.69) is 135 Å². The van der Waals surface area contributed by atoms with E-state index in [-0.39, 0.29) is 0 Å². The first-order valence-corrected chi connectivity index (χ1v) is 15.0. The zero-order valence-corrected chi connectivity index (χ0v) is 25.4. The van der Waals surface area contributed by atoms with E-state index < -0.39 is 0 Å². The van der Waals surface area contributed by atoms with Gasteiger partial charge in [-0.1, -0.05) is 130 Å². The third kappa shape index (κ3) is 5.78. The van der Waals surface area contributed by atoms with E-state index in [1.807, 2.05) is 39.0 Å². The van der Waals surface area contributed by atoms with Crippen molar-refractivity contribution in [1.82, 2.24) is 0 Å². The second kappa shape index (κ2) is 13.2. The fourth-order valence-corrected chi connectivity index (χ4v) is 5.77. The van der Waals surface area contributed by atoms with Crippen LogP contribution in [0, 0.1) is 0 Å². The summed E-state index contributed by atoms with van der Waals surface area (Å²) in [6, 6.07) is 42.4. The average molecular weight is 555 g/mol. The van der Waals surface area contributed by atoms with Crippen LogP contribution in [-0.4, -0.2) is 0 Å². The molecule has 0 aliphatic heterocycles. The highest BCUT2D eigenvalue weighted by Crippen LogP contribution is 2.36. The van der Waals surface area contributed by atoms with Gasteiger partial charge in [-0.3, -0.25) is 0 Å². The molecule has 0 N–H and O–H groups in total. The van der Waals surface area contributed by atoms with Crippen molar-refractivity contribution in [2.45, 2.75) is 20.8 Å². The molecule has 0 saturated carbocycles. The summed E-state index contributed by atoms with van der Waals surface area (Å²) in [6.07, 6.45) is 7.44. The maximum atomic E-state index is 3.97. The molecule has 0 aliphatic carbocycles. The van der Waals surface area contributed by atoms with Crippen LogP contribution >= 0.6 is 0 Å². The third-order valence-corrected chi connectivity index (χ3v) is 7.70. The van der Waals surface area contributed by atoms with Crippen LogP contribution in [0.1, 0.15) is 26.3 Å². The molecule has 0 fully saturated rings. The summed E-state index contributed by atoms with van der Waals surface area (Å²) in [4.78, 5) is 0. The summed E-state index contributed by atoms with van der Waals surface area (Å²) in [5.41, 5.74) is 4.73. The summed E-state index contributed by atoms with van der Waals surface area (Å²) in [5, 5.41) is 12.7. The van der Waals surface area contributed by atoms with E-state index in [0.29, 0.717) is 0 Å². The maximum Gasteiger partial charge on any atom is -0.00987 e. The maximum absolute atomic E-state index is 3.97. The topological polar surface area (TPSA) is 0 Å². The highest BCUT2D eigenvalue weighted by molar-refractivity contribution is 6.21. The Morgan fingerprint density at radius 2 is 1.02 bits per heavy atom. The molecule has 7 aromatic rings. The lowest BCUT2D eigenvalue weighted by Gasteiger charge is -2.12. The van der Waals surface area contributed by atoms with Gasteiger partial charge in [0.25, 0.3) is 0 Å². The highest BCUT2D eigenvalue weighted by Gasteiger charge is 2.09. The molecule has 0 saturated heterocycles. The van der Waals surface area contributed by atoms with Crippen molar-refractivity contribution in [2.24, 2.45) is 0 Å². The van der Waals surface area contributed by atoms with Crippen molar-refractivity contribution in [3.8, 4) is 11.1 Å². The Labute approximate surface area is 255 Å². The molecule has 0 heterocycles. The standard InChI is InChI=1S/C38H26.C3H6.C2H6/c1-3-8-25(4-2)27-11-13-29-23-37-31(21-33(29)19-27)15-17-36-35(37)18-16-32-22-34-20-28(26-9-6-5-7-10-26)12-14-30(34)24-38(32)36;1-3-2;1-2/h3-24H,1-2H2;3H,1H2,2H3;1-2H3/b25-8+;;. The molecule has 0 amide bonds. The molecule has 0 aromatic heterocycles. The Hall–Kier alpha value is -5.20. The first kappa shape index (κ1) is 29.3. The van der Waals surface area contributed by atoms with E-state index in [9.17, 15) is 0 Å². The number of fused-ring (bicyclic) bond motifs is 7. The lowest BCUT2D eigenvalue weighted by Crippen LogP contribution is -1.85. The SMILES string of the molecule is C=C/C=C(\C=C)c1ccc2cc3c(ccc4c5cc6ccc(-c7ccccc7)cc6cc5ccc34)cc2c1.C=CC.CC. The van der Waals surface area contributed by atoms with E-state index in [1.54, 1.807) is 6.08 Å². The predicted octanol–water partition coefficient (Wildman–Crippen LogP) is 13.1. The third-order valence-electron chi connectivity index (χ3n) is 7.70. The number of rotatable bonds is 4. The molecule has 0 radical (unpaired) electrons. The van der Waals surface area contributed by atoms with Crippen LogP contribution in [0.2, 0.25) is 0 Å². The van der Waals surface area contributed by atoms with Gasteiger partial charge in [0.2, 0.25) is 0 Å². The van der Waals surface area contributed by atoms with Gasteiger partial charge in [-0.05, 0) is 119 Å². The molecule has 0 unspecified atom stereocenters. The Kier molecular flexibility index (Phi) is 8.99. The van der Waals surface area contributed by atoms with Gasteiger partial charge in [0.05, 0.1) is 0 Å². The summed E-state index contributed by atoms with van der Waals surface area (Å²) in [6.45, 7) is 17.1. The minimum Gasteiger partial charge on any atom is -0.103 e. The molecule has 0 heteroatoms. The van der Waals surface area contributed by atoms with E-state index in [0.717, 1.165) is 11.1 Å². The zero-order chi connectivity index (χ0) is 30.3. The largest absolute Gasteiger partial charge is 0.103 e. The average Bonchev–Trinajstić information content (AvgIpc) is 3.06. The van der Waals surface area contributed by atoms with Crippen molar-refractivity contribution in [1.29, 1.82) is 0 Å². The quantitative estimate of drug-likeness (QED) is 0.0878. The number of benzene rings is 7. The number of allylic oxidation sites excluding steroid dienone is 5. The lowest BCUT2D eigenvalue weighted by molar-refractivity contribution is 1.50. The monoisotopic (exact) mass is 554 g/mol. The van der Waals surface area contributed by atoms with Gasteiger partial charge < -0.3 is 0 Å². The first-order chi connectivity index (χ1) is 21.1. The van der Waals surface area contributed by atoms with Gasteiger partial charge in [-0.25, -0.2) is 0 Å². The molecule has 210 valence electrons. The van der Waals surface area contributed by atoms with Gasteiger partial charge in [0.15, 0.2) is 0 Å². The fraction of sp³-hybridized carbons (Fsp3) is 0.0698. The van der Waals surface area contributed by atoms with Crippen molar-refractivity contribution in [2.75, 3.05) is 0 Å². The van der Waals surface area contributed by atoms with Crippen molar-refractivity contribution >= 4 is 59.4 Å². The molecule has 0 bridgehead atoms. The molecular weight excluding hydrogens is 516 g/mol. The summed E-state index contributed by atoms with van der Waals surface area (Å²) in [5.74, 6) is 0. The van der Waals surface area contributed by atoms with Crippen molar-refractivity contribution in [3.05, 3.63) is 165 Å². The van der Waals surface area contributed by atoms with Crippen LogP contribution < -0.4 is 0 Å². The van der Waals surface area contributed by atoms with Crippen LogP contribution in [0.15, 0.2) is 159 Å². The molecule has 43 heavy (non-hydrogen) atoms. The summed E-state index contributed by atoms with van der Waals surface area (Å²) in [7, 11) is 0. The van der Waals surface area contributed by atoms with Crippen LogP contribution in [-0.2, 0) is 0 Å². The molecule has 7 aromatic carbocycles. The number of hydrogen-bond acceptors (Lipinski definition) is 0. The number of hydrogen-bond donors (Lipinski definition) is 0. The van der Waals surface area contributed by atoms with Crippen LogP contribution in [0.3, 0.4) is 0 Å². The second-order valence-corrected chi connectivity index (χ2v) is 10.3. The first-order valence-electron chi connectivity index (χ1n) is 15.0. The Balaban J connectivity index is 0.000000695. The Morgan fingerprint density at radius 3 is 1.58 bits per heavy atom. The van der Waals surface area contributed by atoms with E-state index in [1.165, 1.54) is 65.0 Å². The minimum atomic E-state index is 1.08. The Morgan fingerprint density at radius 1 is 0.488 bits per heavy atom. The normalized spacial score (nSPS) is 11.1. The highest BCUT2D eigenvalue weighted by atomic mass is 14.1. The smallest absolute Gasteiger partial charge is 0.00987 e. The molecule has 7 rings (SSSR count). The summed E-state index contributed by atoms with van der Waals surface area (Å²) >= 11 is 0. The van der Waals surface area contributed by atoms with E-state index in [4.69, 9.17) is 0 Å². The van der Waals surface area contributed by atoms with Crippen molar-refractivity contribution in [3.63, 3.8) is 0 Å². The minimum absolute atomic E-state index is 1.08. The molecule has 0 nitrogen and oxygen atoms in total. The molecule has 0 spiro atoms. The Bertz CT molecular complexity index is 2140.